The van der Waals surface area contributed by atoms with Crippen LogP contribution in [0.5, 0.6) is 0 Å². The van der Waals surface area contributed by atoms with Gasteiger partial charge in [-0.15, -0.1) is 0 Å². The van der Waals surface area contributed by atoms with E-state index in [2.05, 4.69) is 30.9 Å². The highest BCUT2D eigenvalue weighted by molar-refractivity contribution is 5.26. The first-order chi connectivity index (χ1) is 8.22. The molecule has 0 amide bonds. The third kappa shape index (κ3) is 2.24. The second-order valence-corrected chi connectivity index (χ2v) is 4.92. The minimum Gasteiger partial charge on any atom is -0.384 e. The first-order valence-corrected chi connectivity index (χ1v) is 6.74. The van der Waals surface area contributed by atoms with Crippen molar-refractivity contribution in [2.24, 2.45) is 0 Å². The van der Waals surface area contributed by atoms with Crippen LogP contribution in [-0.2, 0) is 5.60 Å². The summed E-state index contributed by atoms with van der Waals surface area (Å²) in [4.78, 5) is 2.39. The van der Waals surface area contributed by atoms with Gasteiger partial charge in [0.05, 0.1) is 0 Å². The number of likely N-dealkylation sites (N-methyl/N-ethyl adjacent to an activating group) is 1. The van der Waals surface area contributed by atoms with Crippen LogP contribution in [0.3, 0.4) is 0 Å². The van der Waals surface area contributed by atoms with Crippen molar-refractivity contribution in [3.05, 3.63) is 35.9 Å². The molecule has 17 heavy (non-hydrogen) atoms. The molecule has 1 aliphatic carbocycles. The van der Waals surface area contributed by atoms with Gasteiger partial charge in [-0.3, -0.25) is 4.90 Å². The number of nitrogens with zero attached hydrogens (tertiary/aromatic N) is 1. The highest BCUT2D eigenvalue weighted by Crippen LogP contribution is 2.41. The second-order valence-electron chi connectivity index (χ2n) is 4.92. The van der Waals surface area contributed by atoms with Gasteiger partial charge in [-0.2, -0.15) is 0 Å². The molecule has 0 spiro atoms. The lowest BCUT2D eigenvalue weighted by Gasteiger charge is -2.38. The molecule has 1 aromatic rings. The summed E-state index contributed by atoms with van der Waals surface area (Å²) in [6, 6.07) is 10.4. The minimum absolute atomic E-state index is 0.278. The maximum absolute atomic E-state index is 11.0. The highest BCUT2D eigenvalue weighted by atomic mass is 16.3. The molecule has 0 aliphatic heterocycles. The quantitative estimate of drug-likeness (QED) is 0.864. The monoisotopic (exact) mass is 233 g/mol. The topological polar surface area (TPSA) is 23.5 Å². The lowest BCUT2D eigenvalue weighted by molar-refractivity contribution is -0.0300. The lowest BCUT2D eigenvalue weighted by atomic mass is 9.88. The van der Waals surface area contributed by atoms with Crippen molar-refractivity contribution in [1.82, 2.24) is 4.90 Å². The first-order valence-electron chi connectivity index (χ1n) is 6.74. The molecule has 94 valence electrons. The summed E-state index contributed by atoms with van der Waals surface area (Å²) in [6.07, 6.45) is 3.11. The molecule has 1 fully saturated rings. The van der Waals surface area contributed by atoms with Crippen LogP contribution in [0.2, 0.25) is 0 Å². The predicted molar refractivity (Wildman–Crippen MR) is 70.9 cm³/mol. The smallest absolute Gasteiger partial charge is 0.105 e. The second kappa shape index (κ2) is 5.19. The molecule has 1 aliphatic rings. The maximum Gasteiger partial charge on any atom is 0.105 e. The van der Waals surface area contributed by atoms with Crippen LogP contribution in [0.1, 0.15) is 38.7 Å². The van der Waals surface area contributed by atoms with Crippen LogP contribution in [0.15, 0.2) is 30.3 Å². The highest BCUT2D eigenvalue weighted by Gasteiger charge is 2.44. The molecule has 1 unspecified atom stereocenters. The summed E-state index contributed by atoms with van der Waals surface area (Å²) in [6.45, 7) is 6.37. The van der Waals surface area contributed by atoms with Crippen molar-refractivity contribution in [3.63, 3.8) is 0 Å². The Morgan fingerprint density at radius 2 is 1.88 bits per heavy atom. The third-order valence-electron chi connectivity index (χ3n) is 4.11. The van der Waals surface area contributed by atoms with Crippen molar-refractivity contribution in [2.45, 2.75) is 44.8 Å². The van der Waals surface area contributed by atoms with Gasteiger partial charge in [0.1, 0.15) is 5.60 Å². The molecule has 1 aromatic carbocycles. The van der Waals surface area contributed by atoms with Crippen LogP contribution in [-0.4, -0.2) is 29.1 Å². The predicted octanol–water partition coefficient (Wildman–Crippen LogP) is 2.77. The van der Waals surface area contributed by atoms with Crippen LogP contribution < -0.4 is 0 Å². The Bertz CT molecular complexity index is 347. The van der Waals surface area contributed by atoms with Gasteiger partial charge >= 0.3 is 0 Å². The largest absolute Gasteiger partial charge is 0.384 e. The molecule has 2 nitrogen and oxygen atoms in total. The summed E-state index contributed by atoms with van der Waals surface area (Å²) >= 11 is 0. The average Bonchev–Trinajstić information content (AvgIpc) is 2.76. The Morgan fingerprint density at radius 1 is 1.24 bits per heavy atom. The van der Waals surface area contributed by atoms with Gasteiger partial charge in [0.15, 0.2) is 0 Å². The number of hydrogen-bond acceptors (Lipinski definition) is 2. The number of benzene rings is 1. The van der Waals surface area contributed by atoms with E-state index < -0.39 is 5.60 Å². The van der Waals surface area contributed by atoms with Gasteiger partial charge in [-0.1, -0.05) is 44.2 Å². The molecule has 0 heterocycles. The fourth-order valence-corrected chi connectivity index (χ4v) is 3.18. The van der Waals surface area contributed by atoms with E-state index in [0.29, 0.717) is 0 Å². The van der Waals surface area contributed by atoms with Crippen LogP contribution in [0, 0.1) is 0 Å². The van der Waals surface area contributed by atoms with Crippen molar-refractivity contribution in [3.8, 4) is 0 Å². The molecule has 2 atom stereocenters. The van der Waals surface area contributed by atoms with E-state index in [1.807, 2.05) is 18.2 Å². The van der Waals surface area contributed by atoms with E-state index >= 15 is 0 Å². The van der Waals surface area contributed by atoms with E-state index in [0.717, 1.165) is 37.9 Å². The van der Waals surface area contributed by atoms with E-state index in [9.17, 15) is 5.11 Å². The SMILES string of the molecule is CCN(CC)[C@@H]1CCCC1(O)c1ccccc1. The number of hydrogen-bond donors (Lipinski definition) is 1. The fraction of sp³-hybridized carbons (Fsp3) is 0.600. The molecule has 2 rings (SSSR count). The van der Waals surface area contributed by atoms with E-state index in [4.69, 9.17) is 0 Å². The van der Waals surface area contributed by atoms with Gasteiger partial charge in [0, 0.05) is 6.04 Å². The lowest BCUT2D eigenvalue weighted by Crippen LogP contribution is -2.47. The summed E-state index contributed by atoms with van der Waals surface area (Å²) in [7, 11) is 0. The van der Waals surface area contributed by atoms with E-state index in [1.54, 1.807) is 0 Å². The van der Waals surface area contributed by atoms with Gasteiger partial charge in [0.25, 0.3) is 0 Å². The molecule has 2 heteroatoms. The van der Waals surface area contributed by atoms with Crippen LogP contribution in [0.4, 0.5) is 0 Å². The molecule has 0 saturated heterocycles. The zero-order chi connectivity index (χ0) is 12.3. The molecular formula is C15H23NO. The standard InChI is InChI=1S/C15H23NO/c1-3-16(4-2)14-11-8-12-15(14,17)13-9-6-5-7-10-13/h5-7,9-10,14,17H,3-4,8,11-12H2,1-2H3/t14-,15?/m1/s1. The summed E-state index contributed by atoms with van der Waals surface area (Å²) < 4.78 is 0. The summed E-state index contributed by atoms with van der Waals surface area (Å²) in [5.74, 6) is 0. The average molecular weight is 233 g/mol. The van der Waals surface area contributed by atoms with Crippen molar-refractivity contribution < 1.29 is 5.11 Å². The minimum atomic E-state index is -0.646. The number of aliphatic hydroxyl groups is 1. The van der Waals surface area contributed by atoms with Gasteiger partial charge in [-0.25, -0.2) is 0 Å². The molecule has 0 radical (unpaired) electrons. The van der Waals surface area contributed by atoms with E-state index in [-0.39, 0.29) is 6.04 Å². The van der Waals surface area contributed by atoms with Gasteiger partial charge in [0.2, 0.25) is 0 Å². The van der Waals surface area contributed by atoms with Gasteiger partial charge in [-0.05, 0) is 37.9 Å². The van der Waals surface area contributed by atoms with E-state index in [1.165, 1.54) is 0 Å². The Labute approximate surface area is 104 Å². The number of rotatable bonds is 4. The zero-order valence-electron chi connectivity index (χ0n) is 10.9. The maximum atomic E-state index is 11.0. The third-order valence-corrected chi connectivity index (χ3v) is 4.11. The Kier molecular flexibility index (Phi) is 3.85. The molecule has 0 aromatic heterocycles. The van der Waals surface area contributed by atoms with Crippen molar-refractivity contribution in [1.29, 1.82) is 0 Å². The summed E-state index contributed by atoms with van der Waals surface area (Å²) in [5, 5.41) is 11.0. The fourth-order valence-electron chi connectivity index (χ4n) is 3.18. The van der Waals surface area contributed by atoms with Crippen molar-refractivity contribution >= 4 is 0 Å². The summed E-state index contributed by atoms with van der Waals surface area (Å²) in [5.41, 5.74) is 0.433. The Hall–Kier alpha value is -0.860. The van der Waals surface area contributed by atoms with Crippen LogP contribution in [0.25, 0.3) is 0 Å². The Morgan fingerprint density at radius 3 is 2.47 bits per heavy atom. The van der Waals surface area contributed by atoms with Gasteiger partial charge < -0.3 is 5.11 Å². The molecular weight excluding hydrogens is 210 g/mol. The molecule has 1 saturated carbocycles. The molecule has 1 N–H and O–H groups in total. The van der Waals surface area contributed by atoms with Crippen molar-refractivity contribution in [2.75, 3.05) is 13.1 Å². The first kappa shape index (κ1) is 12.6. The normalized spacial score (nSPS) is 28.8. The zero-order valence-corrected chi connectivity index (χ0v) is 10.9. The Balaban J connectivity index is 2.29. The molecule has 0 bridgehead atoms. The van der Waals surface area contributed by atoms with Crippen LogP contribution >= 0.6 is 0 Å².